The highest BCUT2D eigenvalue weighted by molar-refractivity contribution is 9.10. The summed E-state index contributed by atoms with van der Waals surface area (Å²) >= 11 is 7.47. The summed E-state index contributed by atoms with van der Waals surface area (Å²) in [5.41, 5.74) is 3.35. The van der Waals surface area contributed by atoms with Gasteiger partial charge in [-0.1, -0.05) is 105 Å². The first kappa shape index (κ1) is 28.9. The summed E-state index contributed by atoms with van der Waals surface area (Å²) < 4.78 is 1.84. The number of rotatable bonds is 4. The molecule has 0 bridgehead atoms. The van der Waals surface area contributed by atoms with Crippen LogP contribution in [0.5, 0.6) is 0 Å². The average molecular weight is 739 g/mol. The second-order valence-corrected chi connectivity index (χ2v) is 15.1. The predicted octanol–water partition coefficient (Wildman–Crippen LogP) is 7.34. The first-order chi connectivity index (χ1) is 22.5. The minimum Gasteiger partial charge on any atom is -0.306 e. The standard InChI is InChI=1S/C38H34Br2N4O2/c39-27-15-17-29-33(21-27)41(23-25-9-3-1-4-10-25)35(45)37(29)38(44-20-8-14-32(44)31-13-7-19-43(31)37)30-18-16-28(40)22-34(30)42(36(38)46)24-26-11-5-2-6-12-26/h1-6,9-12,15-18,21-22,31-32H,7-8,13-14,19-20,23-24H2/t31-,32-,37-,38+/m0/s1. The van der Waals surface area contributed by atoms with E-state index in [1.807, 2.05) is 46.2 Å². The SMILES string of the molecule is O=C1N(Cc2ccccc2)c2cc(Br)ccc2[C@]12N1CCC[C@H]1[C@@H]1CCCN1[C@]21C(=O)N(Cc2ccccc2)c2cc(Br)ccc21. The van der Waals surface area contributed by atoms with Gasteiger partial charge in [-0.3, -0.25) is 19.4 Å². The number of fused-ring (bicyclic) bond motifs is 10. The molecule has 3 saturated heterocycles. The van der Waals surface area contributed by atoms with E-state index < -0.39 is 11.1 Å². The number of carbonyl (C=O) groups excluding carboxylic acids is 2. The van der Waals surface area contributed by atoms with Gasteiger partial charge >= 0.3 is 0 Å². The lowest BCUT2D eigenvalue weighted by atomic mass is 9.64. The van der Waals surface area contributed by atoms with Gasteiger partial charge in [-0.15, -0.1) is 0 Å². The van der Waals surface area contributed by atoms with Gasteiger partial charge in [-0.05, 0) is 61.1 Å². The zero-order chi connectivity index (χ0) is 31.2. The topological polar surface area (TPSA) is 47.1 Å². The molecule has 9 rings (SSSR count). The lowest BCUT2D eigenvalue weighted by Gasteiger charge is -2.61. The number of hydrogen-bond acceptors (Lipinski definition) is 4. The number of nitrogens with zero attached hydrogens (tertiary/aromatic N) is 4. The molecule has 0 N–H and O–H groups in total. The van der Waals surface area contributed by atoms with Gasteiger partial charge in [-0.2, -0.15) is 0 Å². The molecule has 4 atom stereocenters. The summed E-state index contributed by atoms with van der Waals surface area (Å²) in [5.74, 6) is 0.0102. The van der Waals surface area contributed by atoms with Crippen molar-refractivity contribution in [1.82, 2.24) is 9.80 Å². The van der Waals surface area contributed by atoms with E-state index in [1.54, 1.807) is 0 Å². The molecular weight excluding hydrogens is 704 g/mol. The summed E-state index contributed by atoms with van der Waals surface area (Å²) in [5, 5.41) is 0. The molecule has 232 valence electrons. The average Bonchev–Trinajstić information content (AvgIpc) is 3.84. The number of hydrogen-bond donors (Lipinski definition) is 0. The molecule has 0 unspecified atom stereocenters. The lowest BCUT2D eigenvalue weighted by molar-refractivity contribution is -0.180. The zero-order valence-corrected chi connectivity index (χ0v) is 28.6. The zero-order valence-electron chi connectivity index (χ0n) is 25.4. The van der Waals surface area contributed by atoms with Crippen LogP contribution in [0.2, 0.25) is 0 Å². The summed E-state index contributed by atoms with van der Waals surface area (Å²) in [4.78, 5) is 40.7. The fraction of sp³-hybridized carbons (Fsp3) is 0.316. The fourth-order valence-electron chi connectivity index (χ4n) is 9.64. The van der Waals surface area contributed by atoms with E-state index in [4.69, 9.17) is 0 Å². The summed E-state index contributed by atoms with van der Waals surface area (Å²) in [6.07, 6.45) is 4.09. The van der Waals surface area contributed by atoms with E-state index in [0.717, 1.165) is 81.3 Å². The lowest BCUT2D eigenvalue weighted by Crippen LogP contribution is -2.80. The van der Waals surface area contributed by atoms with E-state index in [1.165, 1.54) is 0 Å². The molecule has 0 saturated carbocycles. The van der Waals surface area contributed by atoms with Crippen molar-refractivity contribution in [1.29, 1.82) is 0 Å². The van der Waals surface area contributed by atoms with E-state index in [-0.39, 0.29) is 23.9 Å². The number of benzene rings is 4. The van der Waals surface area contributed by atoms with Crippen LogP contribution in [0.15, 0.2) is 106 Å². The van der Waals surface area contributed by atoms with Crippen LogP contribution >= 0.6 is 31.9 Å². The van der Waals surface area contributed by atoms with Crippen LogP contribution in [0.1, 0.15) is 47.9 Å². The quantitative estimate of drug-likeness (QED) is 0.220. The van der Waals surface area contributed by atoms with Gasteiger partial charge in [0, 0.05) is 45.2 Å². The molecule has 3 fully saturated rings. The number of amides is 2. The Balaban J connectivity index is 1.35. The smallest absolute Gasteiger partial charge is 0.255 e. The van der Waals surface area contributed by atoms with E-state index in [2.05, 4.69) is 102 Å². The number of carbonyl (C=O) groups is 2. The van der Waals surface area contributed by atoms with Crippen LogP contribution in [-0.4, -0.2) is 46.8 Å². The van der Waals surface area contributed by atoms with Crippen molar-refractivity contribution in [3.05, 3.63) is 128 Å². The second-order valence-electron chi connectivity index (χ2n) is 13.3. The Labute approximate surface area is 286 Å². The molecule has 0 aromatic heterocycles. The van der Waals surface area contributed by atoms with Crippen LogP contribution < -0.4 is 9.80 Å². The summed E-state index contributed by atoms with van der Waals surface area (Å²) in [6.45, 7) is 2.46. The van der Waals surface area contributed by atoms with E-state index >= 15 is 9.59 Å². The predicted molar refractivity (Wildman–Crippen MR) is 186 cm³/mol. The highest BCUT2D eigenvalue weighted by atomic mass is 79.9. The van der Waals surface area contributed by atoms with Crippen molar-refractivity contribution in [2.45, 2.75) is 61.9 Å². The molecule has 8 heteroatoms. The minimum atomic E-state index is -1.22. The van der Waals surface area contributed by atoms with Gasteiger partial charge < -0.3 is 9.80 Å². The van der Waals surface area contributed by atoms with Crippen molar-refractivity contribution in [3.63, 3.8) is 0 Å². The first-order valence-corrected chi connectivity index (χ1v) is 17.9. The van der Waals surface area contributed by atoms with Gasteiger partial charge in [0.15, 0.2) is 11.1 Å². The molecule has 4 aromatic carbocycles. The largest absolute Gasteiger partial charge is 0.306 e. The van der Waals surface area contributed by atoms with Crippen LogP contribution in [0, 0.1) is 0 Å². The Hall–Kier alpha value is -3.30. The Morgan fingerprint density at radius 3 is 1.41 bits per heavy atom. The van der Waals surface area contributed by atoms with Crippen molar-refractivity contribution >= 4 is 55.0 Å². The molecule has 2 amide bonds. The molecule has 6 nitrogen and oxygen atoms in total. The second kappa shape index (κ2) is 10.6. The van der Waals surface area contributed by atoms with Crippen molar-refractivity contribution < 1.29 is 9.59 Å². The highest BCUT2D eigenvalue weighted by Crippen LogP contribution is 2.67. The molecule has 5 aliphatic heterocycles. The van der Waals surface area contributed by atoms with E-state index in [9.17, 15) is 0 Å². The first-order valence-electron chi connectivity index (χ1n) is 16.3. The monoisotopic (exact) mass is 736 g/mol. The van der Waals surface area contributed by atoms with Gasteiger partial charge in [0.1, 0.15) is 0 Å². The highest BCUT2D eigenvalue weighted by Gasteiger charge is 2.80. The van der Waals surface area contributed by atoms with Crippen LogP contribution in [0.3, 0.4) is 0 Å². The third-order valence-electron chi connectivity index (χ3n) is 11.2. The maximum atomic E-state index is 15.9. The molecule has 0 aliphatic carbocycles. The maximum absolute atomic E-state index is 15.9. The Kier molecular flexibility index (Phi) is 6.66. The van der Waals surface area contributed by atoms with Gasteiger partial charge in [0.2, 0.25) is 0 Å². The number of halogens is 2. The van der Waals surface area contributed by atoms with E-state index in [0.29, 0.717) is 13.1 Å². The van der Waals surface area contributed by atoms with Gasteiger partial charge in [-0.25, -0.2) is 0 Å². The third-order valence-corrected chi connectivity index (χ3v) is 12.2. The molecule has 46 heavy (non-hydrogen) atoms. The Morgan fingerprint density at radius 2 is 1.00 bits per heavy atom. The Bertz CT molecular complexity index is 1750. The van der Waals surface area contributed by atoms with Crippen LogP contribution in [0.4, 0.5) is 11.4 Å². The van der Waals surface area contributed by atoms with Crippen LogP contribution in [0.25, 0.3) is 0 Å². The van der Waals surface area contributed by atoms with Crippen molar-refractivity contribution in [3.8, 4) is 0 Å². The van der Waals surface area contributed by atoms with Crippen molar-refractivity contribution in [2.24, 2.45) is 0 Å². The normalized spacial score (nSPS) is 28.3. The minimum absolute atomic E-state index is 0.00508. The van der Waals surface area contributed by atoms with Crippen molar-refractivity contribution in [2.75, 3.05) is 22.9 Å². The number of anilines is 2. The maximum Gasteiger partial charge on any atom is 0.255 e. The summed E-state index contributed by atoms with van der Waals surface area (Å²) in [6, 6.07) is 33.4. The number of piperazine rings is 1. The molecule has 0 radical (unpaired) electrons. The Morgan fingerprint density at radius 1 is 0.587 bits per heavy atom. The molecule has 2 spiro atoms. The van der Waals surface area contributed by atoms with Gasteiger partial charge in [0.05, 0.1) is 24.5 Å². The molecule has 4 aromatic rings. The molecule has 5 heterocycles. The van der Waals surface area contributed by atoms with Crippen LogP contribution in [-0.2, 0) is 33.8 Å². The summed E-state index contributed by atoms with van der Waals surface area (Å²) in [7, 11) is 0. The molecular formula is C38H34Br2N4O2. The fourth-order valence-corrected chi connectivity index (χ4v) is 10.3. The molecule has 5 aliphatic rings. The van der Waals surface area contributed by atoms with Gasteiger partial charge in [0.25, 0.3) is 11.8 Å². The third kappa shape index (κ3) is 3.70.